The molecule has 6 nitrogen and oxygen atoms in total. The number of carbonyl (C=O) groups excluding carboxylic acids is 2. The van der Waals surface area contributed by atoms with Crippen LogP contribution in [-0.2, 0) is 16.0 Å². The Balaban J connectivity index is 1.61. The second-order valence-electron chi connectivity index (χ2n) is 7.95. The largest absolute Gasteiger partial charge is 0.497 e. The van der Waals surface area contributed by atoms with Gasteiger partial charge in [-0.2, -0.15) is 0 Å². The summed E-state index contributed by atoms with van der Waals surface area (Å²) >= 11 is 18.3. The lowest BCUT2D eigenvalue weighted by Gasteiger charge is -2.30. The van der Waals surface area contributed by atoms with Gasteiger partial charge in [0.15, 0.2) is 5.11 Å². The molecule has 1 fully saturated rings. The van der Waals surface area contributed by atoms with Crippen molar-refractivity contribution in [3.63, 3.8) is 0 Å². The molecule has 2 amide bonds. The van der Waals surface area contributed by atoms with Crippen LogP contribution >= 0.6 is 35.4 Å². The SMILES string of the molecule is COc1ccc(NC(=S)N(CCc2ccccc2)C2CC(=O)N(c3c(Cl)cccc3Cl)C2=O)cc1. The van der Waals surface area contributed by atoms with E-state index < -0.39 is 11.9 Å². The summed E-state index contributed by atoms with van der Waals surface area (Å²) in [4.78, 5) is 29.4. The molecule has 1 aliphatic heterocycles. The van der Waals surface area contributed by atoms with Crippen molar-refractivity contribution in [1.82, 2.24) is 4.90 Å². The first-order valence-corrected chi connectivity index (χ1v) is 12.1. The molecule has 3 aromatic carbocycles. The molecule has 180 valence electrons. The van der Waals surface area contributed by atoms with Crippen molar-refractivity contribution < 1.29 is 14.3 Å². The molecular formula is C26H23Cl2N3O3S. The van der Waals surface area contributed by atoms with Crippen LogP contribution in [0.1, 0.15) is 12.0 Å². The summed E-state index contributed by atoms with van der Waals surface area (Å²) in [6, 6.07) is 21.2. The second-order valence-corrected chi connectivity index (χ2v) is 9.15. The minimum Gasteiger partial charge on any atom is -0.497 e. The van der Waals surface area contributed by atoms with E-state index in [1.54, 1.807) is 30.2 Å². The van der Waals surface area contributed by atoms with Crippen molar-refractivity contribution >= 4 is 63.7 Å². The maximum absolute atomic E-state index is 13.6. The minimum absolute atomic E-state index is 0.0421. The Labute approximate surface area is 219 Å². The van der Waals surface area contributed by atoms with Crippen molar-refractivity contribution in [2.45, 2.75) is 18.9 Å². The van der Waals surface area contributed by atoms with Gasteiger partial charge in [0.05, 0.1) is 29.3 Å². The maximum atomic E-state index is 13.6. The number of thiocarbonyl (C=S) groups is 1. The van der Waals surface area contributed by atoms with Crippen LogP contribution in [-0.4, -0.2) is 41.5 Å². The number of hydrogen-bond donors (Lipinski definition) is 1. The lowest BCUT2D eigenvalue weighted by molar-refractivity contribution is -0.122. The zero-order valence-corrected chi connectivity index (χ0v) is 21.2. The van der Waals surface area contributed by atoms with Crippen molar-refractivity contribution in [1.29, 1.82) is 0 Å². The standard InChI is InChI=1S/C26H23Cl2N3O3S/c1-34-19-12-10-18(11-13-19)29-26(35)30(15-14-17-6-3-2-4-7-17)22-16-23(32)31(25(22)33)24-20(27)8-5-9-21(24)28/h2-13,22H,14-16H2,1H3,(H,29,35). The molecule has 1 N–H and O–H groups in total. The van der Waals surface area contributed by atoms with Crippen molar-refractivity contribution in [2.24, 2.45) is 0 Å². The molecule has 1 aliphatic rings. The highest BCUT2D eigenvalue weighted by molar-refractivity contribution is 7.80. The van der Waals surface area contributed by atoms with Crippen molar-refractivity contribution in [3.8, 4) is 5.75 Å². The van der Waals surface area contributed by atoms with Gasteiger partial charge in [-0.25, -0.2) is 4.90 Å². The molecule has 0 aliphatic carbocycles. The normalized spacial score (nSPS) is 15.3. The van der Waals surface area contributed by atoms with Gasteiger partial charge in [-0.3, -0.25) is 9.59 Å². The summed E-state index contributed by atoms with van der Waals surface area (Å²) in [6.07, 6.45) is 0.593. The van der Waals surface area contributed by atoms with E-state index in [-0.39, 0.29) is 28.1 Å². The highest BCUT2D eigenvalue weighted by Gasteiger charge is 2.44. The first-order valence-electron chi connectivity index (χ1n) is 11.0. The molecule has 0 radical (unpaired) electrons. The third kappa shape index (κ3) is 5.59. The number of amides is 2. The van der Waals surface area contributed by atoms with Crippen LogP contribution in [0.4, 0.5) is 11.4 Å². The van der Waals surface area contributed by atoms with Gasteiger partial charge in [0.2, 0.25) is 5.91 Å². The Bertz CT molecular complexity index is 1220. The molecule has 35 heavy (non-hydrogen) atoms. The fraction of sp³-hybridized carbons (Fsp3) is 0.192. The number of carbonyl (C=O) groups is 2. The number of para-hydroxylation sites is 1. The van der Waals surface area contributed by atoms with Gasteiger partial charge in [0.1, 0.15) is 11.8 Å². The Morgan fingerprint density at radius 1 is 1.03 bits per heavy atom. The molecule has 1 heterocycles. The molecule has 0 spiro atoms. The average Bonchev–Trinajstić information content (AvgIpc) is 3.14. The number of hydrogen-bond acceptors (Lipinski definition) is 4. The highest BCUT2D eigenvalue weighted by atomic mass is 35.5. The summed E-state index contributed by atoms with van der Waals surface area (Å²) in [5, 5.41) is 3.99. The van der Waals surface area contributed by atoms with E-state index in [2.05, 4.69) is 5.32 Å². The highest BCUT2D eigenvalue weighted by Crippen LogP contribution is 2.37. The maximum Gasteiger partial charge on any atom is 0.257 e. The number of ether oxygens (including phenoxy) is 1. The number of nitrogens with one attached hydrogen (secondary N) is 1. The molecule has 4 rings (SSSR count). The molecule has 0 saturated carbocycles. The third-order valence-corrected chi connectivity index (χ3v) is 6.69. The van der Waals surface area contributed by atoms with E-state index >= 15 is 0 Å². The summed E-state index contributed by atoms with van der Waals surface area (Å²) < 4.78 is 5.21. The summed E-state index contributed by atoms with van der Waals surface area (Å²) in [5.74, 6) is -0.0878. The predicted molar refractivity (Wildman–Crippen MR) is 143 cm³/mol. The van der Waals surface area contributed by atoms with Gasteiger partial charge < -0.3 is 15.0 Å². The van der Waals surface area contributed by atoms with Gasteiger partial charge in [-0.15, -0.1) is 0 Å². The smallest absolute Gasteiger partial charge is 0.257 e. The third-order valence-electron chi connectivity index (χ3n) is 5.75. The molecule has 9 heteroatoms. The zero-order chi connectivity index (χ0) is 24.9. The molecule has 0 aromatic heterocycles. The molecular weight excluding hydrogens is 505 g/mol. The lowest BCUT2D eigenvalue weighted by Crippen LogP contribution is -2.48. The van der Waals surface area contributed by atoms with Crippen LogP contribution in [0.25, 0.3) is 0 Å². The van der Waals surface area contributed by atoms with E-state index in [0.29, 0.717) is 23.8 Å². The van der Waals surface area contributed by atoms with Crippen LogP contribution in [0.15, 0.2) is 72.8 Å². The number of rotatable bonds is 7. The number of halogens is 2. The molecule has 3 aromatic rings. The second kappa shape index (κ2) is 11.1. The van der Waals surface area contributed by atoms with E-state index in [9.17, 15) is 9.59 Å². The van der Waals surface area contributed by atoms with Crippen LogP contribution in [0.3, 0.4) is 0 Å². The summed E-state index contributed by atoms with van der Waals surface area (Å²) in [5.41, 5.74) is 2.03. The summed E-state index contributed by atoms with van der Waals surface area (Å²) in [7, 11) is 1.60. The van der Waals surface area contributed by atoms with Gasteiger partial charge in [-0.05, 0) is 60.6 Å². The van der Waals surface area contributed by atoms with Gasteiger partial charge in [0.25, 0.3) is 5.91 Å². The number of nitrogens with zero attached hydrogens (tertiary/aromatic N) is 2. The predicted octanol–water partition coefficient (Wildman–Crippen LogP) is 5.58. The molecule has 1 unspecified atom stereocenters. The average molecular weight is 528 g/mol. The number of benzene rings is 3. The Morgan fingerprint density at radius 3 is 2.31 bits per heavy atom. The first-order chi connectivity index (χ1) is 16.9. The van der Waals surface area contributed by atoms with E-state index in [1.807, 2.05) is 54.6 Å². The Hall–Kier alpha value is -3.13. The fourth-order valence-corrected chi connectivity index (χ4v) is 4.86. The minimum atomic E-state index is -0.795. The topological polar surface area (TPSA) is 61.9 Å². The number of methoxy groups -OCH3 is 1. The fourth-order valence-electron chi connectivity index (χ4n) is 3.96. The Kier molecular flexibility index (Phi) is 7.90. The van der Waals surface area contributed by atoms with E-state index in [4.69, 9.17) is 40.2 Å². The molecule has 0 bridgehead atoms. The molecule has 1 saturated heterocycles. The zero-order valence-electron chi connectivity index (χ0n) is 18.9. The van der Waals surface area contributed by atoms with Crippen LogP contribution < -0.4 is 15.0 Å². The van der Waals surface area contributed by atoms with Crippen molar-refractivity contribution in [2.75, 3.05) is 23.9 Å². The number of anilines is 2. The van der Waals surface area contributed by atoms with E-state index in [1.165, 1.54) is 0 Å². The van der Waals surface area contributed by atoms with Gasteiger partial charge >= 0.3 is 0 Å². The van der Waals surface area contributed by atoms with Gasteiger partial charge in [-0.1, -0.05) is 59.6 Å². The van der Waals surface area contributed by atoms with Crippen LogP contribution in [0.2, 0.25) is 10.0 Å². The van der Waals surface area contributed by atoms with Gasteiger partial charge in [0, 0.05) is 12.2 Å². The van der Waals surface area contributed by atoms with E-state index in [0.717, 1.165) is 16.2 Å². The molecule has 1 atom stereocenters. The monoisotopic (exact) mass is 527 g/mol. The Morgan fingerprint density at radius 2 is 1.69 bits per heavy atom. The quantitative estimate of drug-likeness (QED) is 0.320. The number of imide groups is 1. The summed E-state index contributed by atoms with van der Waals surface area (Å²) in [6.45, 7) is 0.430. The van der Waals surface area contributed by atoms with Crippen LogP contribution in [0, 0.1) is 0 Å². The van der Waals surface area contributed by atoms with Crippen molar-refractivity contribution in [3.05, 3.63) is 88.4 Å². The first kappa shape index (κ1) is 25.0. The lowest BCUT2D eigenvalue weighted by atomic mass is 10.1. The van der Waals surface area contributed by atoms with Crippen LogP contribution in [0.5, 0.6) is 5.75 Å².